The van der Waals surface area contributed by atoms with Crippen LogP contribution in [0.3, 0.4) is 0 Å². The highest BCUT2D eigenvalue weighted by atomic mass is 15.2. The Hall–Kier alpha value is -1.16. The summed E-state index contributed by atoms with van der Waals surface area (Å²) in [6.07, 6.45) is 8.28. The van der Waals surface area contributed by atoms with Crippen molar-refractivity contribution in [1.82, 2.24) is 14.9 Å². The number of aromatic nitrogens is 2. The van der Waals surface area contributed by atoms with Crippen LogP contribution in [0.5, 0.6) is 0 Å². The number of hydrogen-bond acceptors (Lipinski definition) is 4. The normalized spacial score (nSPS) is 26.6. The maximum absolute atomic E-state index is 4.65. The highest BCUT2D eigenvalue weighted by Crippen LogP contribution is 2.34. The minimum absolute atomic E-state index is 0.727. The number of nitrogens with one attached hydrogen (secondary N) is 1. The van der Waals surface area contributed by atoms with Crippen LogP contribution in [0.2, 0.25) is 0 Å². The van der Waals surface area contributed by atoms with Crippen molar-refractivity contribution in [2.24, 2.45) is 5.92 Å². The van der Waals surface area contributed by atoms with Crippen molar-refractivity contribution in [2.45, 2.75) is 45.1 Å². The lowest BCUT2D eigenvalue weighted by atomic mass is 9.77. The predicted octanol–water partition coefficient (Wildman–Crippen LogP) is 2.11. The van der Waals surface area contributed by atoms with Crippen LogP contribution in [0.1, 0.15) is 37.4 Å². The number of nitrogens with zero attached hydrogens (tertiary/aromatic N) is 3. The molecule has 0 radical (unpaired) electrons. The van der Waals surface area contributed by atoms with E-state index in [-0.39, 0.29) is 0 Å². The fourth-order valence-electron chi connectivity index (χ4n) is 3.70. The third kappa shape index (κ3) is 2.46. The molecule has 1 fully saturated rings. The first-order chi connectivity index (χ1) is 9.31. The number of piperidine rings is 1. The van der Waals surface area contributed by atoms with Crippen molar-refractivity contribution in [3.63, 3.8) is 0 Å². The van der Waals surface area contributed by atoms with Crippen molar-refractivity contribution < 1.29 is 0 Å². The molecule has 1 N–H and O–H groups in total. The first kappa shape index (κ1) is 12.9. The van der Waals surface area contributed by atoms with Crippen molar-refractivity contribution in [1.29, 1.82) is 0 Å². The predicted molar refractivity (Wildman–Crippen MR) is 77.4 cm³/mol. The summed E-state index contributed by atoms with van der Waals surface area (Å²) in [6.45, 7) is 4.80. The van der Waals surface area contributed by atoms with E-state index < -0.39 is 0 Å². The second-order valence-corrected chi connectivity index (χ2v) is 5.83. The molecule has 19 heavy (non-hydrogen) atoms. The molecule has 1 aromatic rings. The third-order valence-electron chi connectivity index (χ3n) is 4.61. The van der Waals surface area contributed by atoms with Gasteiger partial charge in [0.15, 0.2) is 0 Å². The lowest BCUT2D eigenvalue weighted by Crippen LogP contribution is -2.49. The SMILES string of the molecule is CCCN1CCC[C@@H]2Cc3nc(NC)ncc3C[C@H]21. The number of anilines is 1. The van der Waals surface area contributed by atoms with Gasteiger partial charge in [-0.1, -0.05) is 6.92 Å². The molecule has 1 saturated heterocycles. The molecule has 0 unspecified atom stereocenters. The second kappa shape index (κ2) is 5.45. The van der Waals surface area contributed by atoms with Gasteiger partial charge < -0.3 is 5.32 Å². The van der Waals surface area contributed by atoms with Gasteiger partial charge in [0.25, 0.3) is 0 Å². The Balaban J connectivity index is 1.84. The summed E-state index contributed by atoms with van der Waals surface area (Å²) >= 11 is 0. The minimum atomic E-state index is 0.727. The molecule has 0 saturated carbocycles. The average Bonchev–Trinajstić information content (AvgIpc) is 2.45. The van der Waals surface area contributed by atoms with Gasteiger partial charge >= 0.3 is 0 Å². The van der Waals surface area contributed by atoms with E-state index in [9.17, 15) is 0 Å². The van der Waals surface area contributed by atoms with Gasteiger partial charge in [-0.05, 0) is 56.7 Å². The highest BCUT2D eigenvalue weighted by Gasteiger charge is 2.35. The summed E-state index contributed by atoms with van der Waals surface area (Å²) < 4.78 is 0. The molecule has 4 heteroatoms. The molecule has 4 nitrogen and oxygen atoms in total. The van der Waals surface area contributed by atoms with Gasteiger partial charge in [-0.15, -0.1) is 0 Å². The lowest BCUT2D eigenvalue weighted by molar-refractivity contribution is 0.0845. The fourth-order valence-corrected chi connectivity index (χ4v) is 3.70. The summed E-state index contributed by atoms with van der Waals surface area (Å²) in [5, 5.41) is 3.05. The number of hydrogen-bond donors (Lipinski definition) is 1. The van der Waals surface area contributed by atoms with E-state index in [4.69, 9.17) is 0 Å². The molecule has 2 atom stereocenters. The number of likely N-dealkylation sites (tertiary alicyclic amines) is 1. The topological polar surface area (TPSA) is 41.1 Å². The van der Waals surface area contributed by atoms with Crippen LogP contribution in [0, 0.1) is 5.92 Å². The summed E-state index contributed by atoms with van der Waals surface area (Å²) in [7, 11) is 1.89. The van der Waals surface area contributed by atoms with Crippen molar-refractivity contribution >= 4 is 5.95 Å². The maximum atomic E-state index is 4.65. The molecule has 3 rings (SSSR count). The Morgan fingerprint density at radius 3 is 3.11 bits per heavy atom. The molecule has 0 bridgehead atoms. The maximum Gasteiger partial charge on any atom is 0.222 e. The molecule has 0 aromatic carbocycles. The Bertz CT molecular complexity index is 444. The Labute approximate surface area is 115 Å². The molecule has 1 aliphatic carbocycles. The van der Waals surface area contributed by atoms with Crippen LogP contribution < -0.4 is 5.32 Å². The largest absolute Gasteiger partial charge is 0.357 e. The van der Waals surface area contributed by atoms with Crippen LogP contribution in [-0.2, 0) is 12.8 Å². The van der Waals surface area contributed by atoms with Gasteiger partial charge in [0.1, 0.15) is 0 Å². The zero-order valence-corrected chi connectivity index (χ0v) is 12.0. The molecule has 2 aliphatic rings. The molecule has 1 aromatic heterocycles. The Morgan fingerprint density at radius 2 is 2.32 bits per heavy atom. The standard InChI is InChI=1S/C15H24N4/c1-3-6-19-7-4-5-11-8-13-12(9-14(11)19)10-17-15(16-2)18-13/h10-11,14H,3-9H2,1-2H3,(H,16,17,18)/t11-,14-/m1/s1. The van der Waals surface area contributed by atoms with Crippen LogP contribution in [0.25, 0.3) is 0 Å². The quantitative estimate of drug-likeness (QED) is 0.903. The van der Waals surface area contributed by atoms with Crippen LogP contribution >= 0.6 is 0 Å². The van der Waals surface area contributed by atoms with E-state index >= 15 is 0 Å². The van der Waals surface area contributed by atoms with Crippen molar-refractivity contribution in [3.05, 3.63) is 17.5 Å². The van der Waals surface area contributed by atoms with Crippen molar-refractivity contribution in [2.75, 3.05) is 25.5 Å². The smallest absolute Gasteiger partial charge is 0.222 e. The van der Waals surface area contributed by atoms with E-state index in [2.05, 4.69) is 27.1 Å². The van der Waals surface area contributed by atoms with E-state index in [1.54, 1.807) is 0 Å². The molecular weight excluding hydrogens is 236 g/mol. The molecule has 0 amide bonds. The van der Waals surface area contributed by atoms with E-state index in [1.807, 2.05) is 13.2 Å². The minimum Gasteiger partial charge on any atom is -0.357 e. The zero-order valence-electron chi connectivity index (χ0n) is 12.0. The van der Waals surface area contributed by atoms with Crippen LogP contribution in [0.15, 0.2) is 6.20 Å². The van der Waals surface area contributed by atoms with Crippen molar-refractivity contribution in [3.8, 4) is 0 Å². The molecule has 2 heterocycles. The van der Waals surface area contributed by atoms with E-state index in [0.29, 0.717) is 0 Å². The zero-order chi connectivity index (χ0) is 13.2. The van der Waals surface area contributed by atoms with Gasteiger partial charge in [0.2, 0.25) is 5.95 Å². The summed E-state index contributed by atoms with van der Waals surface area (Å²) in [5.74, 6) is 1.56. The Kier molecular flexibility index (Phi) is 3.69. The first-order valence-corrected chi connectivity index (χ1v) is 7.58. The molecular formula is C15H24N4. The third-order valence-corrected chi connectivity index (χ3v) is 4.61. The van der Waals surface area contributed by atoms with Crippen LogP contribution in [0.4, 0.5) is 5.95 Å². The second-order valence-electron chi connectivity index (χ2n) is 5.83. The van der Waals surface area contributed by atoms with E-state index in [0.717, 1.165) is 30.7 Å². The fraction of sp³-hybridized carbons (Fsp3) is 0.733. The highest BCUT2D eigenvalue weighted by molar-refractivity contribution is 5.31. The molecule has 104 valence electrons. The van der Waals surface area contributed by atoms with Gasteiger partial charge in [-0.2, -0.15) is 0 Å². The van der Waals surface area contributed by atoms with Gasteiger partial charge in [-0.3, -0.25) is 4.90 Å². The summed E-state index contributed by atoms with van der Waals surface area (Å²) in [6, 6.07) is 0.727. The first-order valence-electron chi connectivity index (χ1n) is 7.58. The van der Waals surface area contributed by atoms with Crippen LogP contribution in [-0.4, -0.2) is 41.0 Å². The van der Waals surface area contributed by atoms with Gasteiger partial charge in [0.05, 0.1) is 0 Å². The number of rotatable bonds is 3. The lowest BCUT2D eigenvalue weighted by Gasteiger charge is -2.44. The molecule has 1 aliphatic heterocycles. The molecule has 0 spiro atoms. The summed E-state index contributed by atoms with van der Waals surface area (Å²) in [5.41, 5.74) is 2.64. The van der Waals surface area contributed by atoms with Gasteiger partial charge in [0, 0.05) is 25.0 Å². The number of fused-ring (bicyclic) bond motifs is 2. The Morgan fingerprint density at radius 1 is 1.42 bits per heavy atom. The summed E-state index contributed by atoms with van der Waals surface area (Å²) in [4.78, 5) is 11.7. The van der Waals surface area contributed by atoms with E-state index in [1.165, 1.54) is 43.6 Å². The monoisotopic (exact) mass is 260 g/mol. The van der Waals surface area contributed by atoms with Gasteiger partial charge in [-0.25, -0.2) is 9.97 Å². The average molecular weight is 260 g/mol.